The van der Waals surface area contributed by atoms with Gasteiger partial charge in [0, 0.05) is 5.38 Å². The number of rotatable bonds is 4. The molecule has 0 aromatic carbocycles. The van der Waals surface area contributed by atoms with Gasteiger partial charge in [-0.05, 0) is 43.7 Å². The van der Waals surface area contributed by atoms with E-state index in [0.717, 1.165) is 12.8 Å². The van der Waals surface area contributed by atoms with Crippen molar-refractivity contribution in [1.29, 1.82) is 0 Å². The van der Waals surface area contributed by atoms with Gasteiger partial charge in [-0.25, -0.2) is 9.78 Å². The summed E-state index contributed by atoms with van der Waals surface area (Å²) in [6.45, 7) is 2.15. The molecule has 2 heterocycles. The molecule has 0 spiro atoms. The molecule has 0 atom stereocenters. The molecule has 2 aromatic heterocycles. The van der Waals surface area contributed by atoms with Gasteiger partial charge in [0.25, 0.3) is 5.91 Å². The van der Waals surface area contributed by atoms with Crippen LogP contribution in [0.1, 0.15) is 43.1 Å². The van der Waals surface area contributed by atoms with Crippen LogP contribution in [0.3, 0.4) is 0 Å². The van der Waals surface area contributed by atoms with E-state index < -0.39 is 5.54 Å². The van der Waals surface area contributed by atoms with Crippen molar-refractivity contribution in [1.82, 2.24) is 10.3 Å². The van der Waals surface area contributed by atoms with Crippen LogP contribution in [0.25, 0.3) is 10.8 Å². The van der Waals surface area contributed by atoms with E-state index in [1.54, 1.807) is 23.8 Å². The molecule has 24 heavy (non-hydrogen) atoms. The largest absolute Gasteiger partial charge is 0.467 e. The minimum atomic E-state index is -0.952. The van der Waals surface area contributed by atoms with Crippen LogP contribution in [-0.4, -0.2) is 29.5 Å². The summed E-state index contributed by atoms with van der Waals surface area (Å²) < 4.78 is 10.2. The molecule has 6 nitrogen and oxygen atoms in total. The quantitative estimate of drug-likeness (QED) is 0.858. The molecule has 1 amide bonds. The van der Waals surface area contributed by atoms with Crippen molar-refractivity contribution in [3.63, 3.8) is 0 Å². The molecule has 0 saturated heterocycles. The number of carbonyl (C=O) groups excluding carboxylic acids is 2. The number of nitrogens with one attached hydrogen (secondary N) is 1. The summed E-state index contributed by atoms with van der Waals surface area (Å²) in [7, 11) is 1.35. The van der Waals surface area contributed by atoms with Crippen LogP contribution >= 0.6 is 11.3 Å². The smallest absolute Gasteiger partial charge is 0.331 e. The average Bonchev–Trinajstić information content (AvgIpc) is 3.27. The van der Waals surface area contributed by atoms with E-state index in [4.69, 9.17) is 9.15 Å². The molecule has 1 aliphatic rings. The number of hydrogen-bond acceptors (Lipinski definition) is 6. The first-order valence-corrected chi connectivity index (χ1v) is 8.82. The zero-order valence-electron chi connectivity index (χ0n) is 13.7. The van der Waals surface area contributed by atoms with Gasteiger partial charge in [-0.2, -0.15) is 0 Å². The first kappa shape index (κ1) is 16.7. The summed E-state index contributed by atoms with van der Waals surface area (Å²) in [6, 6.07) is 3.56. The number of methoxy groups -OCH3 is 1. The first-order chi connectivity index (χ1) is 11.5. The van der Waals surface area contributed by atoms with E-state index in [1.165, 1.54) is 18.4 Å². The van der Waals surface area contributed by atoms with Crippen molar-refractivity contribution in [2.75, 3.05) is 7.11 Å². The SMILES string of the molecule is COC(=O)C1(NC(=O)c2csc(-c3ccco3)n2)CCC(C)CC1. The highest BCUT2D eigenvalue weighted by molar-refractivity contribution is 7.13. The van der Waals surface area contributed by atoms with Crippen LogP contribution in [0.2, 0.25) is 0 Å². The normalized spacial score (nSPS) is 23.7. The Kier molecular flexibility index (Phi) is 4.71. The summed E-state index contributed by atoms with van der Waals surface area (Å²) in [4.78, 5) is 29.2. The molecular formula is C17H20N2O4S. The second-order valence-electron chi connectivity index (χ2n) is 6.23. The number of aromatic nitrogens is 1. The van der Waals surface area contributed by atoms with Gasteiger partial charge in [-0.1, -0.05) is 6.92 Å². The summed E-state index contributed by atoms with van der Waals surface area (Å²) >= 11 is 1.33. The number of carbonyl (C=O) groups is 2. The number of nitrogens with zero attached hydrogens (tertiary/aromatic N) is 1. The fourth-order valence-electron chi connectivity index (χ4n) is 3.00. The fourth-order valence-corrected chi connectivity index (χ4v) is 3.77. The Morgan fingerprint density at radius 2 is 2.17 bits per heavy atom. The number of esters is 1. The molecule has 7 heteroatoms. The topological polar surface area (TPSA) is 81.4 Å². The molecule has 0 aliphatic heterocycles. The zero-order chi connectivity index (χ0) is 17.2. The minimum absolute atomic E-state index is 0.285. The lowest BCUT2D eigenvalue weighted by Gasteiger charge is -2.37. The zero-order valence-corrected chi connectivity index (χ0v) is 14.5. The molecule has 128 valence electrons. The van der Waals surface area contributed by atoms with Crippen LogP contribution in [0.4, 0.5) is 0 Å². The number of thiazole rings is 1. The van der Waals surface area contributed by atoms with E-state index in [2.05, 4.69) is 17.2 Å². The van der Waals surface area contributed by atoms with Crippen LogP contribution in [0, 0.1) is 5.92 Å². The molecule has 2 aromatic rings. The number of amides is 1. The third kappa shape index (κ3) is 3.21. The summed E-state index contributed by atoms with van der Waals surface area (Å²) in [5.74, 6) is 0.422. The third-order valence-corrected chi connectivity index (χ3v) is 5.38. The van der Waals surface area contributed by atoms with Gasteiger partial charge in [-0.3, -0.25) is 4.79 Å². The second kappa shape index (κ2) is 6.76. The lowest BCUT2D eigenvalue weighted by Crippen LogP contribution is -2.56. The first-order valence-electron chi connectivity index (χ1n) is 7.94. The monoisotopic (exact) mass is 348 g/mol. The van der Waals surface area contributed by atoms with Gasteiger partial charge >= 0.3 is 5.97 Å². The number of hydrogen-bond donors (Lipinski definition) is 1. The van der Waals surface area contributed by atoms with Crippen molar-refractivity contribution in [2.24, 2.45) is 5.92 Å². The maximum Gasteiger partial charge on any atom is 0.331 e. The molecule has 0 bridgehead atoms. The van der Waals surface area contributed by atoms with Crippen molar-refractivity contribution >= 4 is 23.2 Å². The lowest BCUT2D eigenvalue weighted by molar-refractivity contribution is -0.150. The standard InChI is InChI=1S/C17H20N2O4S/c1-11-5-7-17(8-6-11,16(21)22-2)19-14(20)12-10-24-15(18-12)13-4-3-9-23-13/h3-4,9-11H,5-8H2,1-2H3,(H,19,20). The van der Waals surface area contributed by atoms with Crippen molar-refractivity contribution in [3.8, 4) is 10.8 Å². The van der Waals surface area contributed by atoms with E-state index in [0.29, 0.717) is 29.5 Å². The molecule has 0 radical (unpaired) electrons. The summed E-state index contributed by atoms with van der Waals surface area (Å²) in [6.07, 6.45) is 4.49. The van der Waals surface area contributed by atoms with Gasteiger partial charge in [0.2, 0.25) is 0 Å². The molecule has 1 aliphatic carbocycles. The Morgan fingerprint density at radius 3 is 2.79 bits per heavy atom. The van der Waals surface area contributed by atoms with Gasteiger partial charge < -0.3 is 14.5 Å². The lowest BCUT2D eigenvalue weighted by atomic mass is 9.77. The van der Waals surface area contributed by atoms with E-state index >= 15 is 0 Å². The highest BCUT2D eigenvalue weighted by Gasteiger charge is 2.43. The van der Waals surface area contributed by atoms with Gasteiger partial charge in [-0.15, -0.1) is 11.3 Å². The van der Waals surface area contributed by atoms with Crippen LogP contribution < -0.4 is 5.32 Å². The number of furan rings is 1. The average molecular weight is 348 g/mol. The molecule has 1 fully saturated rings. The molecule has 1 N–H and O–H groups in total. The molecule has 1 saturated carbocycles. The highest BCUT2D eigenvalue weighted by Crippen LogP contribution is 2.33. The molecule has 0 unspecified atom stereocenters. The molecular weight excluding hydrogens is 328 g/mol. The Morgan fingerprint density at radius 1 is 1.42 bits per heavy atom. The van der Waals surface area contributed by atoms with Gasteiger partial charge in [0.05, 0.1) is 13.4 Å². The summed E-state index contributed by atoms with van der Waals surface area (Å²) in [5, 5.41) is 5.18. The minimum Gasteiger partial charge on any atom is -0.467 e. The fraction of sp³-hybridized carbons (Fsp3) is 0.471. The van der Waals surface area contributed by atoms with Gasteiger partial charge in [0.1, 0.15) is 11.2 Å². The highest BCUT2D eigenvalue weighted by atomic mass is 32.1. The Hall–Kier alpha value is -2.15. The van der Waals surface area contributed by atoms with Crippen LogP contribution in [0.15, 0.2) is 28.2 Å². The Balaban J connectivity index is 1.77. The molecule has 3 rings (SSSR count). The van der Waals surface area contributed by atoms with Crippen molar-refractivity contribution in [3.05, 3.63) is 29.5 Å². The number of ether oxygens (including phenoxy) is 1. The van der Waals surface area contributed by atoms with E-state index in [-0.39, 0.29) is 17.6 Å². The predicted molar refractivity (Wildman–Crippen MR) is 89.7 cm³/mol. The second-order valence-corrected chi connectivity index (χ2v) is 7.08. The van der Waals surface area contributed by atoms with Crippen LogP contribution in [-0.2, 0) is 9.53 Å². The summed E-state index contributed by atoms with van der Waals surface area (Å²) in [5.41, 5.74) is -0.666. The maximum absolute atomic E-state index is 12.6. The maximum atomic E-state index is 12.6. The van der Waals surface area contributed by atoms with E-state index in [9.17, 15) is 9.59 Å². The van der Waals surface area contributed by atoms with E-state index in [1.807, 2.05) is 0 Å². The van der Waals surface area contributed by atoms with Crippen molar-refractivity contribution < 1.29 is 18.7 Å². The Bertz CT molecular complexity index is 715. The predicted octanol–water partition coefficient (Wildman–Crippen LogP) is 3.25. The van der Waals surface area contributed by atoms with Crippen molar-refractivity contribution in [2.45, 2.75) is 38.1 Å². The van der Waals surface area contributed by atoms with Crippen LogP contribution in [0.5, 0.6) is 0 Å². The third-order valence-electron chi connectivity index (χ3n) is 4.53. The Labute approximate surface area is 144 Å². The van der Waals surface area contributed by atoms with Gasteiger partial charge in [0.15, 0.2) is 10.8 Å².